The molecule has 67 heavy (non-hydrogen) atoms. The predicted octanol–water partition coefficient (Wildman–Crippen LogP) is 9.91. The number of methoxy groups -OCH3 is 2. The van der Waals surface area contributed by atoms with E-state index in [1.807, 2.05) is 29.8 Å². The first kappa shape index (κ1) is 54.1. The van der Waals surface area contributed by atoms with Gasteiger partial charge in [0.05, 0.1) is 50.6 Å². The number of carbonyl (C=O) groups is 4. The summed E-state index contributed by atoms with van der Waals surface area (Å²) in [6.45, 7) is 21.7. The fraction of sp³-hybridized carbons (Fsp3) is 0.585. The lowest BCUT2D eigenvalue weighted by atomic mass is 9.95. The maximum atomic E-state index is 14.1. The highest BCUT2D eigenvalue weighted by atomic mass is 16.5. The third-order valence-corrected chi connectivity index (χ3v) is 14.0. The van der Waals surface area contributed by atoms with E-state index in [-0.39, 0.29) is 23.8 Å². The van der Waals surface area contributed by atoms with Gasteiger partial charge in [0.25, 0.3) is 6.47 Å². The maximum Gasteiger partial charge on any atom is 0.407 e. The third-order valence-electron chi connectivity index (χ3n) is 14.0. The summed E-state index contributed by atoms with van der Waals surface area (Å²) in [5.41, 5.74) is 6.01. The predicted molar refractivity (Wildman–Crippen MR) is 266 cm³/mol. The summed E-state index contributed by atoms with van der Waals surface area (Å²) in [5, 5.41) is 6.21. The van der Waals surface area contributed by atoms with E-state index in [0.717, 1.165) is 95.9 Å². The van der Waals surface area contributed by atoms with Crippen LogP contribution in [0.1, 0.15) is 119 Å². The maximum absolute atomic E-state index is 14.1. The highest BCUT2D eigenvalue weighted by Gasteiger charge is 2.40. The number of nitrogens with one attached hydrogen (secondary N) is 4. The molecule has 0 radical (unpaired) electrons. The van der Waals surface area contributed by atoms with Gasteiger partial charge in [-0.1, -0.05) is 104 Å². The molecule has 2 aromatic heterocycles. The van der Waals surface area contributed by atoms with Crippen LogP contribution in [0.4, 0.5) is 4.79 Å². The van der Waals surface area contributed by atoms with Crippen molar-refractivity contribution in [3.63, 3.8) is 0 Å². The Morgan fingerprint density at radius 3 is 1.76 bits per heavy atom. The van der Waals surface area contributed by atoms with Crippen molar-refractivity contribution in [2.75, 3.05) is 34.4 Å². The molecule has 14 nitrogen and oxygen atoms in total. The summed E-state index contributed by atoms with van der Waals surface area (Å²) in [6.07, 6.45) is 10.5. The van der Waals surface area contributed by atoms with Crippen molar-refractivity contribution in [2.24, 2.45) is 41.4 Å². The van der Waals surface area contributed by atoms with Crippen molar-refractivity contribution >= 4 is 24.9 Å². The highest BCUT2D eigenvalue weighted by Crippen LogP contribution is 2.39. The van der Waals surface area contributed by atoms with Crippen LogP contribution in [0.15, 0.2) is 60.9 Å². The minimum absolute atomic E-state index is 0.0174. The van der Waals surface area contributed by atoms with Gasteiger partial charge in [-0.15, -0.1) is 0 Å². The van der Waals surface area contributed by atoms with Gasteiger partial charge in [0.1, 0.15) is 17.7 Å². The second-order valence-corrected chi connectivity index (χ2v) is 19.1. The smallest absolute Gasteiger partial charge is 0.407 e. The van der Waals surface area contributed by atoms with Gasteiger partial charge in [0.15, 0.2) is 0 Å². The average molecular weight is 925 g/mol. The number of H-pyrrole nitrogens is 2. The Kier molecular flexibility index (Phi) is 21.6. The molecule has 368 valence electrons. The number of alkyl carbamates (subject to hydrolysis) is 1. The van der Waals surface area contributed by atoms with E-state index in [1.54, 1.807) is 6.20 Å². The summed E-state index contributed by atoms with van der Waals surface area (Å²) in [4.78, 5) is 66.4. The van der Waals surface area contributed by atoms with Crippen LogP contribution in [-0.4, -0.2) is 101 Å². The zero-order valence-corrected chi connectivity index (χ0v) is 42.3. The fourth-order valence-electron chi connectivity index (χ4n) is 9.70. The van der Waals surface area contributed by atoms with E-state index < -0.39 is 12.1 Å². The molecule has 4 aromatic rings. The van der Waals surface area contributed by atoms with Gasteiger partial charge in [-0.3, -0.25) is 14.4 Å². The molecule has 3 aliphatic rings. The van der Waals surface area contributed by atoms with E-state index in [9.17, 15) is 14.4 Å². The average Bonchev–Trinajstić information content (AvgIpc) is 4.21. The van der Waals surface area contributed by atoms with Crippen molar-refractivity contribution < 1.29 is 28.7 Å². The van der Waals surface area contributed by atoms with Crippen molar-refractivity contribution in [3.05, 3.63) is 72.6 Å². The molecule has 1 saturated heterocycles. The van der Waals surface area contributed by atoms with E-state index in [4.69, 9.17) is 9.53 Å². The Bertz CT molecular complexity index is 2080. The molecular weight excluding hydrogens is 845 g/mol. The Hall–Kier alpha value is -5.50. The minimum atomic E-state index is -0.645. The standard InChI is InChI=1S/C39H49N7O4.C10H21N.C2H4O2.C2H6/c1-24(2)21-46(38(48)36(44-39(49)50-5)31-17-25(3)26(4)18-31)22-35-40-19-32(42-35)29-12-8-27(9-13-29)28-10-14-30(15-11-28)33-20-41-37(43-33)34-7-6-16-45(34)23-47;1-7-5-10(6-8(7)2)9(3)11-4;1-4-2-3;1-2/h8-15,19-20,23-26,31,34,36H,6-7,16-18,21-22H2,1-5H3,(H,40,42)(H,41,43)(H,44,49);7-11H,5-6H2,1-4H3;2H,1H3;1-2H3/t25-,26?,31?,34?,36?;7-,8?,9?,10?;;/m01../s1. The molecule has 3 heterocycles. The van der Waals surface area contributed by atoms with Crippen LogP contribution < -0.4 is 10.6 Å². The van der Waals surface area contributed by atoms with E-state index in [2.05, 4.69) is 139 Å². The molecule has 1 aliphatic heterocycles. The topological polar surface area (TPSA) is 175 Å². The highest BCUT2D eigenvalue weighted by molar-refractivity contribution is 5.86. The normalized spacial score (nSPS) is 22.8. The first-order valence-corrected chi connectivity index (χ1v) is 24.5. The molecule has 3 fully saturated rings. The number of nitrogens with zero attached hydrogens (tertiary/aromatic N) is 4. The van der Waals surface area contributed by atoms with Crippen molar-refractivity contribution in [1.82, 2.24) is 40.4 Å². The Morgan fingerprint density at radius 2 is 1.28 bits per heavy atom. The SMILES string of the molecule is CC.CNC(C)C1CC(C)[C@H](C)C1.COC(=O)NC(C(=O)N(Cc1ncc(-c2ccc(-c3ccc(-c4cnc(C5CCCN5C=O)[nH]4)cc3)cc2)[nH]1)CC(C)C)C1CC(C)[C@@H](C)C1.COC=O. The second kappa shape index (κ2) is 26.7. The summed E-state index contributed by atoms with van der Waals surface area (Å²) < 4.78 is 8.77. The van der Waals surface area contributed by atoms with E-state index in [0.29, 0.717) is 43.3 Å². The molecule has 2 aromatic carbocycles. The summed E-state index contributed by atoms with van der Waals surface area (Å²) >= 11 is 0. The summed E-state index contributed by atoms with van der Waals surface area (Å²) in [7, 11) is 4.71. The van der Waals surface area contributed by atoms with Gasteiger partial charge in [0.2, 0.25) is 12.3 Å². The molecule has 14 heteroatoms. The third kappa shape index (κ3) is 15.0. The van der Waals surface area contributed by atoms with Crippen LogP contribution in [0.5, 0.6) is 0 Å². The minimum Gasteiger partial charge on any atom is -0.471 e. The van der Waals surface area contributed by atoms with Gasteiger partial charge in [-0.05, 0) is 116 Å². The molecule has 7 rings (SSSR count). The molecular formula is C53H80N8O6. The number of ether oxygens (including phenoxy) is 2. The summed E-state index contributed by atoms with van der Waals surface area (Å²) in [5.74, 6) is 5.48. The number of hydrogen-bond donors (Lipinski definition) is 4. The quantitative estimate of drug-likeness (QED) is 0.0846. The number of hydrogen-bond acceptors (Lipinski definition) is 9. The number of imidazole rings is 2. The summed E-state index contributed by atoms with van der Waals surface area (Å²) in [6, 6.07) is 16.8. The first-order chi connectivity index (χ1) is 32.2. The lowest BCUT2D eigenvalue weighted by molar-refractivity contribution is -0.136. The van der Waals surface area contributed by atoms with Gasteiger partial charge in [0, 0.05) is 19.1 Å². The number of amides is 3. The van der Waals surface area contributed by atoms with Crippen molar-refractivity contribution in [1.29, 1.82) is 0 Å². The molecule has 7 unspecified atom stereocenters. The Balaban J connectivity index is 0.000000489. The van der Waals surface area contributed by atoms with Gasteiger partial charge in [-0.2, -0.15) is 0 Å². The number of benzene rings is 2. The Labute approximate surface area is 400 Å². The van der Waals surface area contributed by atoms with Gasteiger partial charge < -0.3 is 39.9 Å². The van der Waals surface area contributed by atoms with Crippen molar-refractivity contribution in [2.45, 2.75) is 126 Å². The zero-order valence-electron chi connectivity index (χ0n) is 42.3. The Morgan fingerprint density at radius 1 is 0.791 bits per heavy atom. The van der Waals surface area contributed by atoms with Crippen LogP contribution in [0, 0.1) is 41.4 Å². The second-order valence-electron chi connectivity index (χ2n) is 19.1. The first-order valence-electron chi connectivity index (χ1n) is 24.5. The molecule has 9 atom stereocenters. The molecule has 3 amide bonds. The van der Waals surface area contributed by atoms with Crippen LogP contribution in [0.3, 0.4) is 0 Å². The molecule has 2 saturated carbocycles. The van der Waals surface area contributed by atoms with Gasteiger partial charge in [-0.25, -0.2) is 14.8 Å². The zero-order chi connectivity index (χ0) is 49.2. The number of carbonyl (C=O) groups excluding carboxylic acids is 4. The van der Waals surface area contributed by atoms with E-state index in [1.165, 1.54) is 27.1 Å². The lowest BCUT2D eigenvalue weighted by Gasteiger charge is -2.31. The van der Waals surface area contributed by atoms with Crippen LogP contribution in [0.2, 0.25) is 0 Å². The number of aromatic nitrogens is 4. The van der Waals surface area contributed by atoms with Crippen LogP contribution in [-0.2, 0) is 30.4 Å². The largest absolute Gasteiger partial charge is 0.471 e. The van der Waals surface area contributed by atoms with Crippen LogP contribution in [0.25, 0.3) is 33.6 Å². The van der Waals surface area contributed by atoms with Crippen LogP contribution >= 0.6 is 0 Å². The lowest BCUT2D eigenvalue weighted by Crippen LogP contribution is -2.52. The molecule has 0 spiro atoms. The number of rotatable bonds is 15. The van der Waals surface area contributed by atoms with E-state index >= 15 is 0 Å². The molecule has 4 N–H and O–H groups in total. The van der Waals surface area contributed by atoms with Gasteiger partial charge >= 0.3 is 6.09 Å². The monoisotopic (exact) mass is 925 g/mol. The molecule has 0 bridgehead atoms. The number of aromatic amines is 2. The fourth-order valence-corrected chi connectivity index (χ4v) is 9.70. The van der Waals surface area contributed by atoms with Crippen molar-refractivity contribution in [3.8, 4) is 33.6 Å². The molecule has 2 aliphatic carbocycles. The number of likely N-dealkylation sites (tertiary alicyclic amines) is 1.